The molecule has 196 valence electrons. The first-order valence-corrected chi connectivity index (χ1v) is 12.6. The van der Waals surface area contributed by atoms with Crippen LogP contribution in [-0.4, -0.2) is 35.8 Å². The van der Waals surface area contributed by atoms with Gasteiger partial charge in [0.15, 0.2) is 12.3 Å². The molecule has 0 unspecified atom stereocenters. The summed E-state index contributed by atoms with van der Waals surface area (Å²) in [5, 5.41) is 13.0. The molecule has 0 N–H and O–H groups in total. The van der Waals surface area contributed by atoms with Gasteiger partial charge in [0, 0.05) is 0 Å². The Labute approximate surface area is 224 Å². The highest BCUT2D eigenvalue weighted by Gasteiger charge is 2.33. The third-order valence-corrected chi connectivity index (χ3v) is 5.97. The predicted octanol–water partition coefficient (Wildman–Crippen LogP) is 6.15. The molecule has 0 amide bonds. The lowest BCUT2D eigenvalue weighted by Crippen LogP contribution is -2.45. The van der Waals surface area contributed by atoms with Crippen LogP contribution in [0, 0.1) is 5.21 Å². The summed E-state index contributed by atoms with van der Waals surface area (Å²) in [6.45, 7) is 5.03. The van der Waals surface area contributed by atoms with Crippen LogP contribution in [0.2, 0.25) is 0 Å². The molecular formula is C32H33NO5. The number of rotatable bonds is 15. The van der Waals surface area contributed by atoms with E-state index in [2.05, 4.69) is 6.58 Å². The molecule has 0 aliphatic rings. The van der Waals surface area contributed by atoms with Crippen molar-refractivity contribution in [2.24, 2.45) is 0 Å². The number of hydrogen-bond acceptors (Lipinski definition) is 5. The third-order valence-electron chi connectivity index (χ3n) is 5.97. The minimum absolute atomic E-state index is 0.00598. The number of ether oxygens (including phenoxy) is 3. The zero-order chi connectivity index (χ0) is 26.4. The van der Waals surface area contributed by atoms with Crippen LogP contribution in [-0.2, 0) is 34.0 Å². The summed E-state index contributed by atoms with van der Waals surface area (Å²) < 4.78 is 25.2. The lowest BCUT2D eigenvalue weighted by molar-refractivity contribution is -0.470. The van der Waals surface area contributed by atoms with Gasteiger partial charge in [0.05, 0.1) is 26.1 Å². The summed E-state index contributed by atoms with van der Waals surface area (Å²) in [7, 11) is 0. The second kappa shape index (κ2) is 14.7. The SMILES string of the molecule is C=C[C@@H](OCc1ccccc1)[C@H](OCc1ccccc1)[C@H](C/[N+]([O-])=C/c1ccco1)OCc1ccccc1. The molecule has 0 spiro atoms. The Bertz CT molecular complexity index is 1230. The van der Waals surface area contributed by atoms with Crippen LogP contribution in [0.25, 0.3) is 0 Å². The average Bonchev–Trinajstić information content (AvgIpc) is 3.47. The average molecular weight is 512 g/mol. The van der Waals surface area contributed by atoms with E-state index < -0.39 is 18.3 Å². The zero-order valence-electron chi connectivity index (χ0n) is 21.3. The molecule has 0 aliphatic carbocycles. The molecule has 4 rings (SSSR count). The quantitative estimate of drug-likeness (QED) is 0.0630. The lowest BCUT2D eigenvalue weighted by Gasteiger charge is -2.31. The molecule has 3 aromatic carbocycles. The smallest absolute Gasteiger partial charge is 0.217 e. The highest BCUT2D eigenvalue weighted by molar-refractivity contribution is 5.71. The molecule has 0 bridgehead atoms. The van der Waals surface area contributed by atoms with Crippen molar-refractivity contribution in [2.45, 2.75) is 38.1 Å². The highest BCUT2D eigenvalue weighted by Crippen LogP contribution is 2.20. The molecular weight excluding hydrogens is 478 g/mol. The molecule has 1 heterocycles. The van der Waals surface area contributed by atoms with Crippen LogP contribution in [0.1, 0.15) is 22.5 Å². The van der Waals surface area contributed by atoms with Crippen LogP contribution >= 0.6 is 0 Å². The summed E-state index contributed by atoms with van der Waals surface area (Å²) >= 11 is 0. The van der Waals surface area contributed by atoms with Crippen LogP contribution in [0.4, 0.5) is 0 Å². The van der Waals surface area contributed by atoms with Gasteiger partial charge in [0.25, 0.3) is 0 Å². The van der Waals surface area contributed by atoms with Crippen molar-refractivity contribution < 1.29 is 23.4 Å². The topological polar surface area (TPSA) is 66.9 Å². The summed E-state index contributed by atoms with van der Waals surface area (Å²) in [6, 6.07) is 33.1. The Balaban J connectivity index is 1.58. The number of nitrogens with zero attached hydrogens (tertiary/aromatic N) is 1. The molecule has 3 atom stereocenters. The maximum atomic E-state index is 13.0. The molecule has 0 saturated heterocycles. The van der Waals surface area contributed by atoms with Crippen molar-refractivity contribution in [1.29, 1.82) is 0 Å². The van der Waals surface area contributed by atoms with Crippen molar-refractivity contribution in [3.8, 4) is 0 Å². The molecule has 0 aliphatic heterocycles. The number of hydrogen-bond donors (Lipinski definition) is 0. The molecule has 0 radical (unpaired) electrons. The number of hydroxylamine groups is 1. The number of benzene rings is 3. The van der Waals surface area contributed by atoms with E-state index in [1.54, 1.807) is 18.2 Å². The molecule has 1 aromatic heterocycles. The Kier molecular flexibility index (Phi) is 10.5. The Morgan fingerprint density at radius 2 is 1.24 bits per heavy atom. The normalized spacial score (nSPS) is 14.1. The first-order chi connectivity index (χ1) is 18.7. The zero-order valence-corrected chi connectivity index (χ0v) is 21.3. The molecule has 6 heteroatoms. The van der Waals surface area contributed by atoms with Crippen molar-refractivity contribution in [3.63, 3.8) is 0 Å². The monoisotopic (exact) mass is 511 g/mol. The Morgan fingerprint density at radius 1 is 0.711 bits per heavy atom. The van der Waals surface area contributed by atoms with E-state index >= 15 is 0 Å². The second-order valence-corrected chi connectivity index (χ2v) is 8.84. The largest absolute Gasteiger partial charge is 0.624 e. The van der Waals surface area contributed by atoms with Gasteiger partial charge in [0.2, 0.25) is 6.21 Å². The van der Waals surface area contributed by atoms with Gasteiger partial charge in [-0.2, -0.15) is 0 Å². The van der Waals surface area contributed by atoms with Gasteiger partial charge in [-0.15, -0.1) is 6.58 Å². The first kappa shape index (κ1) is 27.1. The second-order valence-electron chi connectivity index (χ2n) is 8.84. The minimum Gasteiger partial charge on any atom is -0.624 e. The Morgan fingerprint density at radius 3 is 1.74 bits per heavy atom. The van der Waals surface area contributed by atoms with E-state index in [0.717, 1.165) is 21.4 Å². The fourth-order valence-corrected chi connectivity index (χ4v) is 4.01. The van der Waals surface area contributed by atoms with Crippen LogP contribution in [0.15, 0.2) is 126 Å². The fraction of sp³-hybridized carbons (Fsp3) is 0.219. The number of furan rings is 1. The van der Waals surface area contributed by atoms with E-state index in [4.69, 9.17) is 18.6 Å². The Hall–Kier alpha value is -3.97. The van der Waals surface area contributed by atoms with Crippen molar-refractivity contribution in [2.75, 3.05) is 6.54 Å². The van der Waals surface area contributed by atoms with E-state index in [1.165, 1.54) is 12.5 Å². The summed E-state index contributed by atoms with van der Waals surface area (Å²) in [5.74, 6) is 0.462. The predicted molar refractivity (Wildman–Crippen MR) is 148 cm³/mol. The molecule has 0 saturated carbocycles. The summed E-state index contributed by atoms with van der Waals surface area (Å²) in [4.78, 5) is 0. The van der Waals surface area contributed by atoms with Gasteiger partial charge < -0.3 is 23.8 Å². The van der Waals surface area contributed by atoms with E-state index in [1.807, 2.05) is 91.0 Å². The minimum atomic E-state index is -0.638. The third kappa shape index (κ3) is 8.56. The van der Waals surface area contributed by atoms with Gasteiger partial charge in [-0.3, -0.25) is 0 Å². The summed E-state index contributed by atoms with van der Waals surface area (Å²) in [6.07, 6.45) is 2.86. The molecule has 4 aromatic rings. The van der Waals surface area contributed by atoms with Crippen LogP contribution in [0.3, 0.4) is 0 Å². The van der Waals surface area contributed by atoms with E-state index in [9.17, 15) is 5.21 Å². The fourth-order valence-electron chi connectivity index (χ4n) is 4.01. The standard InChI is InChI=1S/C32H33NO5/c1-2-30(36-23-26-13-6-3-7-14-26)32(38-25-28-17-10-5-11-18-28)31(37-24-27-15-8-4-9-16-27)22-33(34)21-29-19-12-20-35-29/h2-21,30-32H,1,22-25H2/b33-21-/t30-,31+,32+/m1/s1. The van der Waals surface area contributed by atoms with Crippen molar-refractivity contribution in [1.82, 2.24) is 0 Å². The maximum absolute atomic E-state index is 13.0. The van der Waals surface area contributed by atoms with Crippen molar-refractivity contribution >= 4 is 6.21 Å². The van der Waals surface area contributed by atoms with Crippen LogP contribution in [0.5, 0.6) is 0 Å². The first-order valence-electron chi connectivity index (χ1n) is 12.6. The van der Waals surface area contributed by atoms with Crippen molar-refractivity contribution in [3.05, 3.63) is 150 Å². The lowest BCUT2D eigenvalue weighted by atomic mass is 10.1. The molecule has 38 heavy (non-hydrogen) atoms. The van der Waals surface area contributed by atoms with Gasteiger partial charge >= 0.3 is 0 Å². The highest BCUT2D eigenvalue weighted by atomic mass is 16.6. The van der Waals surface area contributed by atoms with Gasteiger partial charge in [-0.05, 0) is 28.8 Å². The van der Waals surface area contributed by atoms with E-state index in [0.29, 0.717) is 25.6 Å². The summed E-state index contributed by atoms with van der Waals surface area (Å²) in [5.41, 5.74) is 3.03. The maximum Gasteiger partial charge on any atom is 0.217 e. The molecule has 0 fully saturated rings. The van der Waals surface area contributed by atoms with Gasteiger partial charge in [-0.1, -0.05) is 97.1 Å². The van der Waals surface area contributed by atoms with E-state index in [-0.39, 0.29) is 6.54 Å². The van der Waals surface area contributed by atoms with Gasteiger partial charge in [-0.25, -0.2) is 4.74 Å². The molecule has 6 nitrogen and oxygen atoms in total. The van der Waals surface area contributed by atoms with Crippen LogP contribution < -0.4 is 0 Å². The van der Waals surface area contributed by atoms with Gasteiger partial charge in [0.1, 0.15) is 18.3 Å².